The van der Waals surface area contributed by atoms with Crippen LogP contribution in [0.4, 0.5) is 0 Å². The lowest BCUT2D eigenvalue weighted by atomic mass is 10.0. The number of nitrogens with zero attached hydrogens (tertiary/aromatic N) is 2. The molecular formula is C11H10N2O3. The van der Waals surface area contributed by atoms with Gasteiger partial charge in [-0.15, -0.1) is 0 Å². The number of nitriles is 1. The monoisotopic (exact) mass is 218 g/mol. The molecule has 0 aromatic heterocycles. The van der Waals surface area contributed by atoms with Crippen LogP contribution in [0.25, 0.3) is 0 Å². The highest BCUT2D eigenvalue weighted by Gasteiger charge is 2.65. The molecule has 0 aliphatic carbocycles. The van der Waals surface area contributed by atoms with Crippen molar-refractivity contribution in [1.82, 2.24) is 5.23 Å². The first-order valence-electron chi connectivity index (χ1n) is 4.99. The van der Waals surface area contributed by atoms with E-state index in [-0.39, 0.29) is 6.10 Å². The molecule has 1 aromatic rings. The van der Waals surface area contributed by atoms with Gasteiger partial charge < -0.3 is 4.74 Å². The Bertz CT molecular complexity index is 453. The summed E-state index contributed by atoms with van der Waals surface area (Å²) in [5, 5.41) is 10.2. The highest BCUT2D eigenvalue weighted by atomic mass is 17.1. The quantitative estimate of drug-likeness (QED) is 0.705. The Morgan fingerprint density at radius 2 is 2.25 bits per heavy atom. The minimum atomic E-state index is -0.843. The van der Waals surface area contributed by atoms with E-state index in [9.17, 15) is 0 Å². The molecule has 1 aromatic carbocycles. The highest BCUT2D eigenvalue weighted by Crippen LogP contribution is 2.51. The first kappa shape index (κ1) is 9.60. The molecule has 5 nitrogen and oxygen atoms in total. The summed E-state index contributed by atoms with van der Waals surface area (Å²) in [5.74, 6) is 0.804. The number of fused-ring (bicyclic) bond motifs is 1. The molecule has 3 rings (SSSR count). The van der Waals surface area contributed by atoms with Crippen molar-refractivity contribution in [3.63, 3.8) is 0 Å². The number of ether oxygens (including phenoxy) is 1. The van der Waals surface area contributed by atoms with E-state index in [1.807, 2.05) is 24.3 Å². The minimum absolute atomic E-state index is 0.112. The lowest BCUT2D eigenvalue weighted by Crippen LogP contribution is -2.07. The van der Waals surface area contributed by atoms with Crippen LogP contribution in [-0.4, -0.2) is 18.1 Å². The summed E-state index contributed by atoms with van der Waals surface area (Å²) in [6, 6.07) is 9.70. The maximum atomic E-state index is 8.90. The van der Waals surface area contributed by atoms with Crippen LogP contribution in [0.5, 0.6) is 5.75 Å². The number of methoxy groups -OCH3 is 1. The molecule has 0 radical (unpaired) electrons. The van der Waals surface area contributed by atoms with E-state index < -0.39 is 5.72 Å². The van der Waals surface area contributed by atoms with E-state index in [2.05, 4.69) is 6.07 Å². The summed E-state index contributed by atoms with van der Waals surface area (Å²) >= 11 is 0. The molecule has 0 amide bonds. The van der Waals surface area contributed by atoms with Crippen LogP contribution >= 0.6 is 0 Å². The van der Waals surface area contributed by atoms with Gasteiger partial charge in [-0.2, -0.15) is 5.26 Å². The molecule has 2 heterocycles. The highest BCUT2D eigenvalue weighted by molar-refractivity contribution is 5.30. The van der Waals surface area contributed by atoms with E-state index in [0.717, 1.165) is 11.3 Å². The molecule has 3 atom stereocenters. The second-order valence-corrected chi connectivity index (χ2v) is 3.82. The SMILES string of the molecule is COc1ccc(C2CC3(C#N)ON3O2)cc1. The van der Waals surface area contributed by atoms with Gasteiger partial charge in [-0.25, -0.2) is 4.84 Å². The van der Waals surface area contributed by atoms with E-state index >= 15 is 0 Å². The average Bonchev–Trinajstić information content (AvgIpc) is 2.92. The van der Waals surface area contributed by atoms with Gasteiger partial charge in [0.05, 0.1) is 7.11 Å². The van der Waals surface area contributed by atoms with Crippen molar-refractivity contribution in [2.24, 2.45) is 0 Å². The molecule has 0 spiro atoms. The summed E-state index contributed by atoms with van der Waals surface area (Å²) in [5.41, 5.74) is 0.177. The third-order valence-electron chi connectivity index (χ3n) is 2.84. The molecule has 0 bridgehead atoms. The standard InChI is InChI=1S/C11H10N2O3/c1-14-9-4-2-8(3-5-9)10-6-11(7-12)13(15-10)16-11/h2-5,10H,6H2,1H3. The molecule has 82 valence electrons. The zero-order chi connectivity index (χ0) is 11.2. The van der Waals surface area contributed by atoms with Crippen molar-refractivity contribution >= 4 is 0 Å². The van der Waals surface area contributed by atoms with Crippen molar-refractivity contribution < 1.29 is 14.4 Å². The van der Waals surface area contributed by atoms with Gasteiger partial charge in [-0.05, 0) is 22.9 Å². The summed E-state index contributed by atoms with van der Waals surface area (Å²) in [6.07, 6.45) is 0.426. The number of hydrogen-bond donors (Lipinski definition) is 0. The Morgan fingerprint density at radius 1 is 1.50 bits per heavy atom. The van der Waals surface area contributed by atoms with Crippen LogP contribution in [0.15, 0.2) is 24.3 Å². The van der Waals surface area contributed by atoms with Crippen molar-refractivity contribution in [3.8, 4) is 11.8 Å². The normalized spacial score (nSPS) is 35.2. The lowest BCUT2D eigenvalue weighted by Gasteiger charge is -2.10. The fourth-order valence-electron chi connectivity index (χ4n) is 1.84. The largest absolute Gasteiger partial charge is 0.497 e. The first-order chi connectivity index (χ1) is 7.77. The fraction of sp³-hybridized carbons (Fsp3) is 0.364. The van der Waals surface area contributed by atoms with Crippen LogP contribution in [0, 0.1) is 11.3 Å². The summed E-state index contributed by atoms with van der Waals surface area (Å²) in [4.78, 5) is 10.4. The molecule has 2 aliphatic heterocycles. The van der Waals surface area contributed by atoms with Crippen molar-refractivity contribution in [3.05, 3.63) is 29.8 Å². The predicted molar refractivity (Wildman–Crippen MR) is 52.7 cm³/mol. The topological polar surface area (TPSA) is 57.8 Å². The fourth-order valence-corrected chi connectivity index (χ4v) is 1.84. The maximum Gasteiger partial charge on any atom is 0.281 e. The number of hydrogen-bond acceptors (Lipinski definition) is 5. The molecule has 0 N–H and O–H groups in total. The molecular weight excluding hydrogens is 208 g/mol. The Morgan fingerprint density at radius 3 is 2.81 bits per heavy atom. The lowest BCUT2D eigenvalue weighted by molar-refractivity contribution is -0.191. The summed E-state index contributed by atoms with van der Waals surface area (Å²) < 4.78 is 5.07. The zero-order valence-corrected chi connectivity index (χ0v) is 8.71. The first-order valence-corrected chi connectivity index (χ1v) is 4.99. The van der Waals surface area contributed by atoms with Gasteiger partial charge in [-0.3, -0.25) is 4.84 Å². The molecule has 0 saturated carbocycles. The van der Waals surface area contributed by atoms with Crippen LogP contribution in [0.1, 0.15) is 18.1 Å². The van der Waals surface area contributed by atoms with Crippen LogP contribution in [-0.2, 0) is 9.68 Å². The van der Waals surface area contributed by atoms with E-state index in [1.165, 1.54) is 5.23 Å². The van der Waals surface area contributed by atoms with Crippen LogP contribution in [0.3, 0.4) is 0 Å². The molecule has 3 unspecified atom stereocenters. The van der Waals surface area contributed by atoms with E-state index in [1.54, 1.807) is 7.11 Å². The summed E-state index contributed by atoms with van der Waals surface area (Å²) in [7, 11) is 1.63. The molecule has 2 saturated heterocycles. The Kier molecular flexibility index (Phi) is 1.91. The van der Waals surface area contributed by atoms with Crippen molar-refractivity contribution in [2.45, 2.75) is 18.2 Å². The van der Waals surface area contributed by atoms with E-state index in [4.69, 9.17) is 19.7 Å². The molecule has 2 fully saturated rings. The van der Waals surface area contributed by atoms with E-state index in [0.29, 0.717) is 6.42 Å². The predicted octanol–water partition coefficient (Wildman–Crippen LogP) is 1.54. The third kappa shape index (κ3) is 1.28. The van der Waals surface area contributed by atoms with Gasteiger partial charge in [0.15, 0.2) is 0 Å². The van der Waals surface area contributed by atoms with Gasteiger partial charge in [0, 0.05) is 6.42 Å². The third-order valence-corrected chi connectivity index (χ3v) is 2.84. The Balaban J connectivity index is 1.77. The Hall–Kier alpha value is -1.61. The Labute approximate surface area is 92.6 Å². The molecule has 2 aliphatic rings. The average molecular weight is 218 g/mol. The van der Waals surface area contributed by atoms with Gasteiger partial charge in [0.1, 0.15) is 17.9 Å². The smallest absolute Gasteiger partial charge is 0.281 e. The minimum Gasteiger partial charge on any atom is -0.497 e. The number of hydroxylamine groups is 2. The zero-order valence-electron chi connectivity index (χ0n) is 8.71. The van der Waals surface area contributed by atoms with Gasteiger partial charge in [0.2, 0.25) is 0 Å². The molecule has 5 heteroatoms. The second-order valence-electron chi connectivity index (χ2n) is 3.82. The van der Waals surface area contributed by atoms with Gasteiger partial charge in [-0.1, -0.05) is 12.1 Å². The second kappa shape index (κ2) is 3.19. The van der Waals surface area contributed by atoms with Crippen LogP contribution in [0.2, 0.25) is 0 Å². The maximum absolute atomic E-state index is 8.90. The molecule has 16 heavy (non-hydrogen) atoms. The summed E-state index contributed by atoms with van der Waals surface area (Å²) in [6.45, 7) is 0. The van der Waals surface area contributed by atoms with Gasteiger partial charge in [0.25, 0.3) is 5.72 Å². The van der Waals surface area contributed by atoms with Crippen LogP contribution < -0.4 is 4.74 Å². The number of benzene rings is 1. The van der Waals surface area contributed by atoms with Gasteiger partial charge >= 0.3 is 0 Å². The number of rotatable bonds is 2. The van der Waals surface area contributed by atoms with Crippen molar-refractivity contribution in [2.75, 3.05) is 7.11 Å². The van der Waals surface area contributed by atoms with Crippen molar-refractivity contribution in [1.29, 1.82) is 5.26 Å².